The van der Waals surface area contributed by atoms with Gasteiger partial charge in [0.1, 0.15) is 5.82 Å². The Bertz CT molecular complexity index is 343. The Hall–Kier alpha value is -1.26. The Morgan fingerprint density at radius 3 is 2.29 bits per heavy atom. The molecule has 0 heterocycles. The normalized spacial score (nSPS) is 11.8. The zero-order valence-corrected chi connectivity index (χ0v) is 7.45. The maximum atomic E-state index is 12.9. The highest BCUT2D eigenvalue weighted by molar-refractivity contribution is 5.50. The number of halogens is 4. The van der Waals surface area contributed by atoms with Crippen LogP contribution in [-0.4, -0.2) is 0 Å². The SMILES string of the molecule is CCc1cc(F)c(C(F)(F)F)cc1N. The number of benzene rings is 1. The minimum absolute atomic E-state index is 0.0266. The summed E-state index contributed by atoms with van der Waals surface area (Å²) in [7, 11) is 0. The van der Waals surface area contributed by atoms with E-state index in [0.717, 1.165) is 6.07 Å². The van der Waals surface area contributed by atoms with Gasteiger partial charge in [-0.05, 0) is 24.1 Å². The molecule has 0 aliphatic rings. The maximum Gasteiger partial charge on any atom is 0.419 e. The van der Waals surface area contributed by atoms with Crippen molar-refractivity contribution < 1.29 is 17.6 Å². The Kier molecular flexibility index (Phi) is 2.69. The molecule has 1 aromatic carbocycles. The van der Waals surface area contributed by atoms with Crippen LogP contribution in [0.15, 0.2) is 12.1 Å². The first kappa shape index (κ1) is 10.8. The number of hydrogen-bond donors (Lipinski definition) is 1. The van der Waals surface area contributed by atoms with Gasteiger partial charge in [-0.2, -0.15) is 13.2 Å². The molecular weight excluding hydrogens is 198 g/mol. The molecule has 0 aliphatic carbocycles. The number of alkyl halides is 3. The topological polar surface area (TPSA) is 26.0 Å². The van der Waals surface area contributed by atoms with Gasteiger partial charge >= 0.3 is 6.18 Å². The van der Waals surface area contributed by atoms with Crippen LogP contribution in [0.1, 0.15) is 18.1 Å². The lowest BCUT2D eigenvalue weighted by Gasteiger charge is -2.11. The number of rotatable bonds is 1. The van der Waals surface area contributed by atoms with E-state index in [1.807, 2.05) is 0 Å². The van der Waals surface area contributed by atoms with Gasteiger partial charge in [0.25, 0.3) is 0 Å². The standard InChI is InChI=1S/C9H9F4N/c1-2-5-3-7(10)6(4-8(5)14)9(11,12)13/h3-4H,2,14H2,1H3. The van der Waals surface area contributed by atoms with Crippen LogP contribution in [0.25, 0.3) is 0 Å². The summed E-state index contributed by atoms with van der Waals surface area (Å²) in [6.45, 7) is 1.69. The molecule has 1 nitrogen and oxygen atoms in total. The van der Waals surface area contributed by atoms with E-state index < -0.39 is 17.6 Å². The van der Waals surface area contributed by atoms with E-state index in [4.69, 9.17) is 5.73 Å². The summed E-state index contributed by atoms with van der Waals surface area (Å²) in [6.07, 6.45) is -4.29. The number of anilines is 1. The molecule has 0 bridgehead atoms. The van der Waals surface area contributed by atoms with Crippen LogP contribution in [0.2, 0.25) is 0 Å². The summed E-state index contributed by atoms with van der Waals surface area (Å²) < 4.78 is 49.4. The minimum Gasteiger partial charge on any atom is -0.398 e. The van der Waals surface area contributed by atoms with Crippen LogP contribution in [0.4, 0.5) is 23.2 Å². The second-order valence-corrected chi connectivity index (χ2v) is 2.88. The number of nitrogens with two attached hydrogens (primary N) is 1. The van der Waals surface area contributed by atoms with E-state index in [1.54, 1.807) is 6.92 Å². The first-order valence-electron chi connectivity index (χ1n) is 4.01. The van der Waals surface area contributed by atoms with Crippen LogP contribution >= 0.6 is 0 Å². The molecule has 0 saturated heterocycles. The highest BCUT2D eigenvalue weighted by Crippen LogP contribution is 2.33. The van der Waals surface area contributed by atoms with E-state index in [9.17, 15) is 17.6 Å². The second kappa shape index (κ2) is 3.48. The van der Waals surface area contributed by atoms with Crippen LogP contribution < -0.4 is 5.73 Å². The van der Waals surface area contributed by atoms with Gasteiger partial charge in [-0.3, -0.25) is 0 Å². The monoisotopic (exact) mass is 207 g/mol. The van der Waals surface area contributed by atoms with Gasteiger partial charge in [0.15, 0.2) is 0 Å². The zero-order chi connectivity index (χ0) is 10.9. The molecule has 0 amide bonds. The average molecular weight is 207 g/mol. The van der Waals surface area contributed by atoms with E-state index in [-0.39, 0.29) is 5.69 Å². The molecule has 2 N–H and O–H groups in total. The fourth-order valence-electron chi connectivity index (χ4n) is 1.15. The molecule has 0 aliphatic heterocycles. The zero-order valence-electron chi connectivity index (χ0n) is 7.45. The molecule has 0 radical (unpaired) electrons. The lowest BCUT2D eigenvalue weighted by Crippen LogP contribution is -2.10. The van der Waals surface area contributed by atoms with Gasteiger partial charge in [-0.1, -0.05) is 6.92 Å². The smallest absolute Gasteiger partial charge is 0.398 e. The average Bonchev–Trinajstić information content (AvgIpc) is 2.06. The fraction of sp³-hybridized carbons (Fsp3) is 0.333. The first-order chi connectivity index (χ1) is 6.36. The summed E-state index contributed by atoms with van der Waals surface area (Å²) in [4.78, 5) is 0. The van der Waals surface area contributed by atoms with Crippen molar-refractivity contribution in [1.82, 2.24) is 0 Å². The molecule has 5 heteroatoms. The van der Waals surface area contributed by atoms with Gasteiger partial charge in [0.2, 0.25) is 0 Å². The molecule has 1 rings (SSSR count). The van der Waals surface area contributed by atoms with Gasteiger partial charge in [-0.15, -0.1) is 0 Å². The maximum absolute atomic E-state index is 12.9. The quantitative estimate of drug-likeness (QED) is 0.556. The molecule has 1 aromatic rings. The predicted octanol–water partition coefficient (Wildman–Crippen LogP) is 2.99. The van der Waals surface area contributed by atoms with Crippen molar-refractivity contribution in [2.45, 2.75) is 19.5 Å². The van der Waals surface area contributed by atoms with Gasteiger partial charge in [-0.25, -0.2) is 4.39 Å². The third kappa shape index (κ3) is 1.97. The van der Waals surface area contributed by atoms with Crippen LogP contribution in [-0.2, 0) is 12.6 Å². The van der Waals surface area contributed by atoms with Crippen molar-refractivity contribution in [3.05, 3.63) is 29.1 Å². The number of nitrogen functional groups attached to an aromatic ring is 1. The Morgan fingerprint density at radius 2 is 1.86 bits per heavy atom. The second-order valence-electron chi connectivity index (χ2n) is 2.88. The number of aryl methyl sites for hydroxylation is 1. The minimum atomic E-state index is -4.69. The summed E-state index contributed by atoms with van der Waals surface area (Å²) >= 11 is 0. The van der Waals surface area contributed by atoms with Crippen molar-refractivity contribution >= 4 is 5.69 Å². The van der Waals surface area contributed by atoms with E-state index in [2.05, 4.69) is 0 Å². The molecule has 0 atom stereocenters. The summed E-state index contributed by atoms with van der Waals surface area (Å²) in [5.74, 6) is -1.27. The summed E-state index contributed by atoms with van der Waals surface area (Å²) in [5.41, 5.74) is 4.38. The molecule has 0 unspecified atom stereocenters. The van der Waals surface area contributed by atoms with E-state index in [0.29, 0.717) is 18.1 Å². The van der Waals surface area contributed by atoms with Crippen molar-refractivity contribution in [2.24, 2.45) is 0 Å². The summed E-state index contributed by atoms with van der Waals surface area (Å²) in [6, 6.07) is 1.46. The molecule has 0 fully saturated rings. The molecule has 0 spiro atoms. The molecule has 0 saturated carbocycles. The highest BCUT2D eigenvalue weighted by atomic mass is 19.4. The molecule has 0 aromatic heterocycles. The van der Waals surface area contributed by atoms with Crippen LogP contribution in [0.5, 0.6) is 0 Å². The fourth-order valence-corrected chi connectivity index (χ4v) is 1.15. The Balaban J connectivity index is 3.29. The van der Waals surface area contributed by atoms with Gasteiger partial charge in [0.05, 0.1) is 5.56 Å². The lowest BCUT2D eigenvalue weighted by molar-refractivity contribution is -0.139. The van der Waals surface area contributed by atoms with Crippen molar-refractivity contribution in [3.63, 3.8) is 0 Å². The third-order valence-electron chi connectivity index (χ3n) is 1.92. The lowest BCUT2D eigenvalue weighted by atomic mass is 10.1. The highest BCUT2D eigenvalue weighted by Gasteiger charge is 2.34. The predicted molar refractivity (Wildman–Crippen MR) is 45.2 cm³/mol. The first-order valence-corrected chi connectivity index (χ1v) is 4.01. The van der Waals surface area contributed by atoms with E-state index >= 15 is 0 Å². The molecule has 14 heavy (non-hydrogen) atoms. The van der Waals surface area contributed by atoms with Crippen molar-refractivity contribution in [2.75, 3.05) is 5.73 Å². The van der Waals surface area contributed by atoms with Crippen LogP contribution in [0.3, 0.4) is 0 Å². The Morgan fingerprint density at radius 1 is 1.29 bits per heavy atom. The third-order valence-corrected chi connectivity index (χ3v) is 1.92. The largest absolute Gasteiger partial charge is 0.419 e. The number of hydrogen-bond acceptors (Lipinski definition) is 1. The van der Waals surface area contributed by atoms with Gasteiger partial charge in [0, 0.05) is 5.69 Å². The van der Waals surface area contributed by atoms with Crippen molar-refractivity contribution in [3.8, 4) is 0 Å². The van der Waals surface area contributed by atoms with E-state index in [1.165, 1.54) is 0 Å². The Labute approximate surface area is 78.5 Å². The van der Waals surface area contributed by atoms with Crippen LogP contribution in [0, 0.1) is 5.82 Å². The molecule has 78 valence electrons. The molecular formula is C9H9F4N. The van der Waals surface area contributed by atoms with Crippen molar-refractivity contribution in [1.29, 1.82) is 0 Å². The van der Waals surface area contributed by atoms with Gasteiger partial charge < -0.3 is 5.73 Å². The summed E-state index contributed by atoms with van der Waals surface area (Å²) in [5, 5.41) is 0.